The van der Waals surface area contributed by atoms with Crippen LogP contribution in [0.4, 0.5) is 0 Å². The lowest BCUT2D eigenvalue weighted by molar-refractivity contribution is -0.117. The molecule has 4 rings (SSSR count). The van der Waals surface area contributed by atoms with Crippen molar-refractivity contribution in [1.29, 1.82) is 5.26 Å². The van der Waals surface area contributed by atoms with Crippen molar-refractivity contribution in [2.45, 2.75) is 6.42 Å². The Balaban J connectivity index is 1.48. The molecule has 3 N–H and O–H groups in total. The highest BCUT2D eigenvalue weighted by Crippen LogP contribution is 2.19. The lowest BCUT2D eigenvalue weighted by Gasteiger charge is -2.08. The zero-order valence-electron chi connectivity index (χ0n) is 17.1. The summed E-state index contributed by atoms with van der Waals surface area (Å²) in [6, 6.07) is 19.9. The molecule has 0 aliphatic heterocycles. The van der Waals surface area contributed by atoms with E-state index in [0.717, 1.165) is 16.5 Å². The van der Waals surface area contributed by atoms with E-state index >= 15 is 0 Å². The van der Waals surface area contributed by atoms with Crippen molar-refractivity contribution in [3.63, 3.8) is 0 Å². The van der Waals surface area contributed by atoms with Gasteiger partial charge in [0.2, 0.25) is 0 Å². The summed E-state index contributed by atoms with van der Waals surface area (Å²) in [7, 11) is 0. The number of H-pyrrole nitrogens is 1. The van der Waals surface area contributed by atoms with Gasteiger partial charge in [-0.1, -0.05) is 24.3 Å². The molecule has 32 heavy (non-hydrogen) atoms. The first-order valence-corrected chi connectivity index (χ1v) is 10.0. The average molecular weight is 424 g/mol. The van der Waals surface area contributed by atoms with Crippen molar-refractivity contribution in [3.05, 3.63) is 95.5 Å². The summed E-state index contributed by atoms with van der Waals surface area (Å²) in [5, 5.41) is 22.7. The Morgan fingerprint density at radius 2 is 1.97 bits per heavy atom. The number of rotatable bonds is 7. The number of nitrogens with one attached hydrogen (secondary N) is 2. The number of nitriles is 1. The Labute approximate surface area is 184 Å². The fourth-order valence-electron chi connectivity index (χ4n) is 3.58. The highest BCUT2D eigenvalue weighted by atomic mass is 16.4. The molecular formula is C25H20N4O3. The number of para-hydroxylation sites is 1. The standard InChI is InChI=1S/C25H20N4O3/c26-15-19(24(30)27-11-10-18-16-28-23-9-2-1-8-22(18)23)14-21-7-4-12-29(21)20-6-3-5-17(13-20)25(31)32/h1-9,12-14,16,28H,10-11H2,(H,27,30)(H,31,32)/b19-14+. The molecule has 4 aromatic rings. The topological polar surface area (TPSA) is 111 Å². The fourth-order valence-corrected chi connectivity index (χ4v) is 3.58. The first kappa shape index (κ1) is 20.7. The van der Waals surface area contributed by atoms with Gasteiger partial charge in [0.1, 0.15) is 11.6 Å². The van der Waals surface area contributed by atoms with E-state index in [9.17, 15) is 20.0 Å². The predicted molar refractivity (Wildman–Crippen MR) is 121 cm³/mol. The van der Waals surface area contributed by atoms with Gasteiger partial charge in [-0.3, -0.25) is 4.79 Å². The normalized spacial score (nSPS) is 11.3. The highest BCUT2D eigenvalue weighted by Gasteiger charge is 2.12. The second-order valence-corrected chi connectivity index (χ2v) is 7.19. The Hall–Kier alpha value is -4.57. The van der Waals surface area contributed by atoms with Gasteiger partial charge in [-0.25, -0.2) is 4.79 Å². The summed E-state index contributed by atoms with van der Waals surface area (Å²) in [6.07, 6.45) is 5.80. The van der Waals surface area contributed by atoms with Gasteiger partial charge in [0, 0.05) is 41.2 Å². The van der Waals surface area contributed by atoms with Crippen LogP contribution in [-0.2, 0) is 11.2 Å². The Morgan fingerprint density at radius 3 is 2.78 bits per heavy atom. The summed E-state index contributed by atoms with van der Waals surface area (Å²) in [5.74, 6) is -1.48. The third-order valence-corrected chi connectivity index (χ3v) is 5.16. The van der Waals surface area contributed by atoms with Crippen LogP contribution in [0.25, 0.3) is 22.7 Å². The predicted octanol–water partition coefficient (Wildman–Crippen LogP) is 3.92. The molecule has 2 aromatic heterocycles. The van der Waals surface area contributed by atoms with Gasteiger partial charge in [0.15, 0.2) is 0 Å². The molecule has 0 unspecified atom stereocenters. The smallest absolute Gasteiger partial charge is 0.335 e. The zero-order valence-corrected chi connectivity index (χ0v) is 17.1. The minimum atomic E-state index is -1.02. The average Bonchev–Trinajstić information content (AvgIpc) is 3.44. The Kier molecular flexibility index (Phi) is 5.86. The van der Waals surface area contributed by atoms with Crippen LogP contribution < -0.4 is 5.32 Å². The quantitative estimate of drug-likeness (QED) is 0.308. The number of aromatic nitrogens is 2. The molecule has 2 aromatic carbocycles. The second-order valence-electron chi connectivity index (χ2n) is 7.19. The van der Waals surface area contributed by atoms with Gasteiger partial charge in [-0.15, -0.1) is 0 Å². The van der Waals surface area contributed by atoms with Crippen LogP contribution in [0.3, 0.4) is 0 Å². The van der Waals surface area contributed by atoms with Crippen molar-refractivity contribution < 1.29 is 14.7 Å². The number of carboxylic acids is 1. The number of aromatic amines is 1. The molecule has 0 spiro atoms. The summed E-state index contributed by atoms with van der Waals surface area (Å²) in [5.41, 5.74) is 3.48. The number of carbonyl (C=O) groups excluding carboxylic acids is 1. The van der Waals surface area contributed by atoms with Crippen LogP contribution >= 0.6 is 0 Å². The molecule has 158 valence electrons. The third kappa shape index (κ3) is 4.30. The maximum Gasteiger partial charge on any atom is 0.335 e. The Bertz CT molecular complexity index is 1370. The van der Waals surface area contributed by atoms with Crippen LogP contribution in [0.15, 0.2) is 78.6 Å². The molecule has 0 radical (unpaired) electrons. The number of amides is 1. The number of hydrogen-bond donors (Lipinski definition) is 3. The number of nitrogens with zero attached hydrogens (tertiary/aromatic N) is 2. The molecule has 1 amide bonds. The van der Waals surface area contributed by atoms with Crippen LogP contribution in [-0.4, -0.2) is 33.1 Å². The van der Waals surface area contributed by atoms with Crippen molar-refractivity contribution in [2.75, 3.05) is 6.54 Å². The van der Waals surface area contributed by atoms with E-state index in [0.29, 0.717) is 24.3 Å². The molecule has 0 saturated carbocycles. The monoisotopic (exact) mass is 424 g/mol. The molecule has 0 atom stereocenters. The van der Waals surface area contributed by atoms with Crippen molar-refractivity contribution in [1.82, 2.24) is 14.9 Å². The van der Waals surface area contributed by atoms with Crippen LogP contribution in [0.2, 0.25) is 0 Å². The zero-order chi connectivity index (χ0) is 22.5. The van der Waals surface area contributed by atoms with Gasteiger partial charge >= 0.3 is 5.97 Å². The lowest BCUT2D eigenvalue weighted by atomic mass is 10.1. The summed E-state index contributed by atoms with van der Waals surface area (Å²) < 4.78 is 1.73. The van der Waals surface area contributed by atoms with E-state index in [1.54, 1.807) is 35.0 Å². The Morgan fingerprint density at radius 1 is 1.12 bits per heavy atom. The molecule has 0 saturated heterocycles. The number of carboxylic acid groups (broad SMARTS) is 1. The number of fused-ring (bicyclic) bond motifs is 1. The van der Waals surface area contributed by atoms with Crippen LogP contribution in [0, 0.1) is 11.3 Å². The minimum absolute atomic E-state index is 0.0294. The molecule has 0 bridgehead atoms. The number of hydrogen-bond acceptors (Lipinski definition) is 3. The van der Waals surface area contributed by atoms with E-state index in [-0.39, 0.29) is 11.1 Å². The number of aromatic carboxylic acids is 1. The maximum absolute atomic E-state index is 12.6. The van der Waals surface area contributed by atoms with Crippen LogP contribution in [0.1, 0.15) is 21.6 Å². The summed E-state index contributed by atoms with van der Waals surface area (Å²) in [4.78, 5) is 27.1. The first-order valence-electron chi connectivity index (χ1n) is 10.0. The SMILES string of the molecule is N#C/C(=C\c1cccn1-c1cccc(C(=O)O)c1)C(=O)NCCc1c[nH]c2ccccc12. The largest absolute Gasteiger partial charge is 0.478 e. The molecule has 0 aliphatic carbocycles. The van der Waals surface area contributed by atoms with Crippen molar-refractivity contribution >= 4 is 28.9 Å². The fraction of sp³-hybridized carbons (Fsp3) is 0.0800. The van der Waals surface area contributed by atoms with E-state index < -0.39 is 11.9 Å². The van der Waals surface area contributed by atoms with Crippen molar-refractivity contribution in [2.24, 2.45) is 0 Å². The second kappa shape index (κ2) is 9.06. The molecule has 7 nitrogen and oxygen atoms in total. The first-order chi connectivity index (χ1) is 15.6. The summed E-state index contributed by atoms with van der Waals surface area (Å²) in [6.45, 7) is 0.390. The van der Waals surface area contributed by atoms with E-state index in [4.69, 9.17) is 0 Å². The molecule has 0 fully saturated rings. The van der Waals surface area contributed by atoms with Crippen molar-refractivity contribution in [3.8, 4) is 11.8 Å². The molecule has 7 heteroatoms. The van der Waals surface area contributed by atoms with Gasteiger partial charge < -0.3 is 20.0 Å². The summed E-state index contributed by atoms with van der Waals surface area (Å²) >= 11 is 0. The van der Waals surface area contributed by atoms with Crippen LogP contribution in [0.5, 0.6) is 0 Å². The van der Waals surface area contributed by atoms with Gasteiger partial charge in [-0.2, -0.15) is 5.26 Å². The maximum atomic E-state index is 12.6. The molecule has 2 heterocycles. The van der Waals surface area contributed by atoms with E-state index in [1.807, 2.05) is 36.5 Å². The van der Waals surface area contributed by atoms with E-state index in [2.05, 4.69) is 10.3 Å². The molecular weight excluding hydrogens is 404 g/mol. The van der Waals surface area contributed by atoms with Gasteiger partial charge in [0.25, 0.3) is 5.91 Å². The van der Waals surface area contributed by atoms with E-state index in [1.165, 1.54) is 18.2 Å². The van der Waals surface area contributed by atoms with Gasteiger partial charge in [0.05, 0.1) is 5.56 Å². The third-order valence-electron chi connectivity index (χ3n) is 5.16. The lowest BCUT2D eigenvalue weighted by Crippen LogP contribution is -2.26. The highest BCUT2D eigenvalue weighted by molar-refractivity contribution is 6.01. The minimum Gasteiger partial charge on any atom is -0.478 e. The number of carbonyl (C=O) groups is 2. The number of benzene rings is 2. The molecule has 0 aliphatic rings. The van der Waals surface area contributed by atoms with Gasteiger partial charge in [-0.05, 0) is 54.5 Å².